The molecule has 29 heavy (non-hydrogen) atoms. The Balaban J connectivity index is 2.55. The minimum atomic E-state index is -1.39. The number of H-pyrrole nitrogens is 1. The first kappa shape index (κ1) is 22.1. The van der Waals surface area contributed by atoms with Crippen molar-refractivity contribution in [3.8, 4) is 0 Å². The molecule has 1 fully saturated rings. The molecule has 1 N–H and O–H groups in total. The van der Waals surface area contributed by atoms with E-state index in [-0.39, 0.29) is 12.4 Å². The molecule has 0 amide bonds. The van der Waals surface area contributed by atoms with Crippen molar-refractivity contribution in [2.24, 2.45) is 0 Å². The first-order valence-electron chi connectivity index (χ1n) is 8.55. The molecule has 0 saturated carbocycles. The van der Waals surface area contributed by atoms with Gasteiger partial charge in [0.1, 0.15) is 0 Å². The predicted octanol–water partition coefficient (Wildman–Crippen LogP) is -1.68. The Bertz CT molecular complexity index is 906. The Morgan fingerprint density at radius 3 is 2.10 bits per heavy atom. The molecule has 1 aliphatic rings. The number of esters is 3. The predicted molar refractivity (Wildman–Crippen MR) is 95.1 cm³/mol. The maximum atomic E-state index is 12.3. The van der Waals surface area contributed by atoms with E-state index in [1.165, 1.54) is 19.0 Å². The Hall–Kier alpha value is -3.22. The van der Waals surface area contributed by atoms with Gasteiger partial charge < -0.3 is 23.8 Å². The average Bonchev–Trinajstić information content (AvgIpc) is 2.57. The van der Waals surface area contributed by atoms with E-state index in [1.54, 1.807) is 0 Å². The van der Waals surface area contributed by atoms with Crippen LogP contribution in [0.15, 0.2) is 9.59 Å². The highest BCUT2D eigenvalue weighted by Gasteiger charge is 2.48. The summed E-state index contributed by atoms with van der Waals surface area (Å²) in [6.45, 7) is 3.08. The van der Waals surface area contributed by atoms with Gasteiger partial charge in [-0.05, 0) is 0 Å². The fourth-order valence-corrected chi connectivity index (χ4v) is 2.80. The van der Waals surface area contributed by atoms with Gasteiger partial charge in [-0.3, -0.25) is 24.2 Å². The molecule has 2 heterocycles. The van der Waals surface area contributed by atoms with Gasteiger partial charge in [-0.1, -0.05) is 0 Å². The second-order valence-electron chi connectivity index (χ2n) is 6.44. The third-order valence-electron chi connectivity index (χ3n) is 3.82. The number of rotatable bonds is 5. The number of aromatic amines is 1. The largest absolute Gasteiger partial charge is 0.456 e. The zero-order valence-corrected chi connectivity index (χ0v) is 16.5. The third kappa shape index (κ3) is 5.19. The summed E-state index contributed by atoms with van der Waals surface area (Å²) in [7, 11) is 3.08. The number of ether oxygens (including phenoxy) is 4. The standard InChI is InChI=1S/C16H22N4O9/c1-7(21)27-10-6-26-15(12(29-9(3)23)11(10)28-8(2)22)20-16(25)17-14(24)13(18-20)19(4)5/h10-12,15H,6H2,1-5H3,(H,17,24,25). The molecule has 13 nitrogen and oxygen atoms in total. The molecule has 1 aliphatic heterocycles. The third-order valence-corrected chi connectivity index (χ3v) is 3.82. The summed E-state index contributed by atoms with van der Waals surface area (Å²) in [6, 6.07) is 0. The van der Waals surface area contributed by atoms with E-state index in [0.29, 0.717) is 0 Å². The summed E-state index contributed by atoms with van der Waals surface area (Å²) in [4.78, 5) is 62.4. The smallest absolute Gasteiger partial charge is 0.347 e. The lowest BCUT2D eigenvalue weighted by atomic mass is 10.0. The molecule has 0 bridgehead atoms. The number of aromatic nitrogens is 3. The van der Waals surface area contributed by atoms with Crippen LogP contribution in [0.5, 0.6) is 0 Å². The van der Waals surface area contributed by atoms with Crippen molar-refractivity contribution in [3.05, 3.63) is 20.8 Å². The number of nitrogens with zero attached hydrogens (tertiary/aromatic N) is 3. The van der Waals surface area contributed by atoms with Crippen LogP contribution in [0.3, 0.4) is 0 Å². The van der Waals surface area contributed by atoms with E-state index >= 15 is 0 Å². The Morgan fingerprint density at radius 2 is 1.59 bits per heavy atom. The van der Waals surface area contributed by atoms with Gasteiger partial charge in [0.15, 0.2) is 24.5 Å². The van der Waals surface area contributed by atoms with Crippen molar-refractivity contribution in [2.75, 3.05) is 25.6 Å². The summed E-state index contributed by atoms with van der Waals surface area (Å²) in [5, 5.41) is 3.97. The summed E-state index contributed by atoms with van der Waals surface area (Å²) >= 11 is 0. The molecule has 1 aromatic rings. The zero-order chi connectivity index (χ0) is 21.9. The maximum absolute atomic E-state index is 12.3. The van der Waals surface area contributed by atoms with Crippen LogP contribution in [0.2, 0.25) is 0 Å². The molecular weight excluding hydrogens is 392 g/mol. The van der Waals surface area contributed by atoms with Gasteiger partial charge in [0.25, 0.3) is 5.56 Å². The lowest BCUT2D eigenvalue weighted by Crippen LogP contribution is -2.57. The van der Waals surface area contributed by atoms with Crippen LogP contribution in [0.1, 0.15) is 27.0 Å². The molecule has 0 spiro atoms. The molecule has 1 aromatic heterocycles. The first-order valence-corrected chi connectivity index (χ1v) is 8.55. The summed E-state index contributed by atoms with van der Waals surface area (Å²) < 4.78 is 21.9. The van der Waals surface area contributed by atoms with E-state index in [4.69, 9.17) is 18.9 Å². The van der Waals surface area contributed by atoms with Crippen molar-refractivity contribution in [2.45, 2.75) is 45.3 Å². The van der Waals surface area contributed by atoms with Crippen LogP contribution in [-0.4, -0.2) is 71.7 Å². The van der Waals surface area contributed by atoms with Crippen molar-refractivity contribution in [1.82, 2.24) is 14.8 Å². The number of hydrogen-bond donors (Lipinski definition) is 1. The van der Waals surface area contributed by atoms with E-state index in [9.17, 15) is 24.0 Å². The van der Waals surface area contributed by atoms with Gasteiger partial charge in [-0.2, -0.15) is 4.68 Å². The van der Waals surface area contributed by atoms with Crippen LogP contribution in [0.4, 0.5) is 5.82 Å². The number of nitrogens with one attached hydrogen (secondary N) is 1. The minimum absolute atomic E-state index is 0.110. The first-order chi connectivity index (χ1) is 13.5. The van der Waals surface area contributed by atoms with Crippen molar-refractivity contribution in [1.29, 1.82) is 0 Å². The summed E-state index contributed by atoms with van der Waals surface area (Å²) in [5.41, 5.74) is -1.67. The fourth-order valence-electron chi connectivity index (χ4n) is 2.80. The molecule has 0 radical (unpaired) electrons. The molecular formula is C16H22N4O9. The lowest BCUT2D eigenvalue weighted by Gasteiger charge is -2.40. The summed E-state index contributed by atoms with van der Waals surface area (Å²) in [5.74, 6) is -2.29. The van der Waals surface area contributed by atoms with Gasteiger partial charge in [-0.15, -0.1) is 5.10 Å². The van der Waals surface area contributed by atoms with Crippen LogP contribution >= 0.6 is 0 Å². The van der Waals surface area contributed by atoms with Gasteiger partial charge in [0, 0.05) is 34.9 Å². The van der Waals surface area contributed by atoms with Crippen molar-refractivity contribution >= 4 is 23.7 Å². The second kappa shape index (κ2) is 8.86. The van der Waals surface area contributed by atoms with Crippen LogP contribution in [0.25, 0.3) is 0 Å². The quantitative estimate of drug-likeness (QED) is 0.433. The monoisotopic (exact) mass is 414 g/mol. The molecule has 2 rings (SSSR count). The van der Waals surface area contributed by atoms with Gasteiger partial charge in [0.05, 0.1) is 6.61 Å². The molecule has 4 unspecified atom stereocenters. The van der Waals surface area contributed by atoms with Crippen LogP contribution in [-0.2, 0) is 33.3 Å². The van der Waals surface area contributed by atoms with Crippen molar-refractivity contribution < 1.29 is 33.3 Å². The topological polar surface area (TPSA) is 159 Å². The average molecular weight is 414 g/mol. The highest BCUT2D eigenvalue weighted by molar-refractivity contribution is 5.68. The van der Waals surface area contributed by atoms with E-state index in [1.807, 2.05) is 0 Å². The van der Waals surface area contributed by atoms with E-state index in [2.05, 4.69) is 10.1 Å². The Kier molecular flexibility index (Phi) is 6.74. The van der Waals surface area contributed by atoms with Gasteiger partial charge in [-0.25, -0.2) is 4.79 Å². The molecule has 4 atom stereocenters. The highest BCUT2D eigenvalue weighted by Crippen LogP contribution is 2.29. The molecule has 0 aromatic carbocycles. The molecule has 1 saturated heterocycles. The Labute approximate surface area is 164 Å². The van der Waals surface area contributed by atoms with E-state index < -0.39 is 53.7 Å². The lowest BCUT2D eigenvalue weighted by molar-refractivity contribution is -0.242. The number of carbonyl (C=O) groups is 3. The maximum Gasteiger partial charge on any atom is 0.347 e. The van der Waals surface area contributed by atoms with Crippen molar-refractivity contribution in [3.63, 3.8) is 0 Å². The van der Waals surface area contributed by atoms with Crippen LogP contribution < -0.4 is 16.1 Å². The SMILES string of the molecule is CC(=O)OC1COC(n2nc(N(C)C)c(=O)[nH]c2=O)C(OC(C)=O)C1OC(C)=O. The number of anilines is 1. The highest BCUT2D eigenvalue weighted by atomic mass is 16.6. The Morgan fingerprint density at radius 1 is 1.03 bits per heavy atom. The number of carbonyl (C=O) groups excluding carboxylic acids is 3. The number of hydrogen-bond acceptors (Lipinski definition) is 11. The van der Waals surface area contributed by atoms with Crippen LogP contribution in [0, 0.1) is 0 Å². The molecule has 160 valence electrons. The fraction of sp³-hybridized carbons (Fsp3) is 0.625. The van der Waals surface area contributed by atoms with E-state index in [0.717, 1.165) is 25.5 Å². The zero-order valence-electron chi connectivity index (χ0n) is 16.5. The summed E-state index contributed by atoms with van der Waals surface area (Å²) in [6.07, 6.45) is -5.12. The molecule has 0 aliphatic carbocycles. The molecule has 13 heteroatoms. The van der Waals surface area contributed by atoms with Gasteiger partial charge in [0.2, 0.25) is 5.82 Å². The van der Waals surface area contributed by atoms with Gasteiger partial charge >= 0.3 is 23.6 Å². The minimum Gasteiger partial charge on any atom is -0.456 e. The normalized spacial score (nSPS) is 23.8. The second-order valence-corrected chi connectivity index (χ2v) is 6.44.